The number of hydrogen-bond donors (Lipinski definition) is 1. The van der Waals surface area contributed by atoms with Crippen molar-refractivity contribution < 1.29 is 14.7 Å². The molecule has 1 aromatic carbocycles. The average Bonchev–Trinajstić information content (AvgIpc) is 2.63. The minimum atomic E-state index is -0.0433. The van der Waals surface area contributed by atoms with E-state index in [0.29, 0.717) is 38.2 Å². The fraction of sp³-hybridized carbons (Fsp3) is 0.429. The zero-order chi connectivity index (χ0) is 13.7. The van der Waals surface area contributed by atoms with Gasteiger partial charge in [-0.25, -0.2) is 0 Å². The molecule has 1 fully saturated rings. The monoisotopic (exact) mass is 262 g/mol. The van der Waals surface area contributed by atoms with E-state index >= 15 is 0 Å². The van der Waals surface area contributed by atoms with E-state index in [1.807, 2.05) is 18.2 Å². The summed E-state index contributed by atoms with van der Waals surface area (Å²) < 4.78 is 0. The maximum atomic E-state index is 12.3. The van der Waals surface area contributed by atoms with Crippen LogP contribution in [-0.2, 0) is 4.79 Å². The van der Waals surface area contributed by atoms with E-state index in [-0.39, 0.29) is 18.4 Å². The number of benzene rings is 1. The molecule has 2 amide bonds. The molecule has 0 bridgehead atoms. The molecule has 1 aliphatic rings. The summed E-state index contributed by atoms with van der Waals surface area (Å²) in [4.78, 5) is 27.4. The third-order valence-corrected chi connectivity index (χ3v) is 3.27. The molecule has 0 atom stereocenters. The number of amides is 2. The van der Waals surface area contributed by atoms with Gasteiger partial charge in [-0.15, -0.1) is 0 Å². The van der Waals surface area contributed by atoms with Crippen molar-refractivity contribution in [2.24, 2.45) is 0 Å². The first kappa shape index (κ1) is 13.5. The van der Waals surface area contributed by atoms with Crippen molar-refractivity contribution in [3.8, 4) is 0 Å². The number of carbonyl (C=O) groups excluding carboxylic acids is 2. The molecule has 0 spiro atoms. The summed E-state index contributed by atoms with van der Waals surface area (Å²) in [6, 6.07) is 9.08. The van der Waals surface area contributed by atoms with Crippen molar-refractivity contribution in [2.45, 2.75) is 6.42 Å². The van der Waals surface area contributed by atoms with Crippen LogP contribution in [0, 0.1) is 0 Å². The predicted octanol–water partition coefficient (Wildman–Crippen LogP) is 0.353. The summed E-state index contributed by atoms with van der Waals surface area (Å²) in [5, 5.41) is 8.91. The first-order valence-electron chi connectivity index (χ1n) is 6.45. The van der Waals surface area contributed by atoms with Crippen LogP contribution in [0.3, 0.4) is 0 Å². The van der Waals surface area contributed by atoms with Crippen LogP contribution in [0.2, 0.25) is 0 Å². The third-order valence-electron chi connectivity index (χ3n) is 3.27. The van der Waals surface area contributed by atoms with Crippen LogP contribution < -0.4 is 0 Å². The molecule has 1 heterocycles. The molecular weight excluding hydrogens is 244 g/mol. The van der Waals surface area contributed by atoms with Crippen molar-refractivity contribution >= 4 is 11.8 Å². The molecule has 1 N–H and O–H groups in total. The summed E-state index contributed by atoms with van der Waals surface area (Å²) in [7, 11) is 0. The number of carbonyl (C=O) groups is 2. The van der Waals surface area contributed by atoms with Gasteiger partial charge in [0.25, 0.3) is 5.91 Å². The van der Waals surface area contributed by atoms with Crippen LogP contribution in [0.4, 0.5) is 0 Å². The largest absolute Gasteiger partial charge is 0.395 e. The van der Waals surface area contributed by atoms with Gasteiger partial charge < -0.3 is 14.9 Å². The molecule has 0 unspecified atom stereocenters. The van der Waals surface area contributed by atoms with Gasteiger partial charge in [-0.3, -0.25) is 9.59 Å². The number of aliphatic hydroxyl groups excluding tert-OH is 1. The highest BCUT2D eigenvalue weighted by molar-refractivity contribution is 5.94. The quantitative estimate of drug-likeness (QED) is 0.855. The highest BCUT2D eigenvalue weighted by Gasteiger charge is 2.23. The van der Waals surface area contributed by atoms with Crippen LogP contribution in [0.15, 0.2) is 30.3 Å². The number of rotatable bonds is 3. The zero-order valence-electron chi connectivity index (χ0n) is 10.8. The van der Waals surface area contributed by atoms with Crippen LogP contribution >= 0.6 is 0 Å². The number of aliphatic hydroxyl groups is 1. The Labute approximate surface area is 112 Å². The normalized spacial score (nSPS) is 16.4. The molecule has 0 radical (unpaired) electrons. The van der Waals surface area contributed by atoms with Crippen molar-refractivity contribution in [3.63, 3.8) is 0 Å². The fourth-order valence-electron chi connectivity index (χ4n) is 2.19. The lowest BCUT2D eigenvalue weighted by Crippen LogP contribution is -2.37. The summed E-state index contributed by atoms with van der Waals surface area (Å²) in [6.07, 6.45) is 0.318. The van der Waals surface area contributed by atoms with E-state index in [9.17, 15) is 9.59 Å². The molecule has 0 aromatic heterocycles. The highest BCUT2D eigenvalue weighted by atomic mass is 16.3. The average molecular weight is 262 g/mol. The molecule has 5 nitrogen and oxygen atoms in total. The van der Waals surface area contributed by atoms with Crippen molar-refractivity contribution in [2.75, 3.05) is 32.8 Å². The van der Waals surface area contributed by atoms with Gasteiger partial charge >= 0.3 is 0 Å². The Morgan fingerprint density at radius 3 is 2.58 bits per heavy atom. The van der Waals surface area contributed by atoms with Gasteiger partial charge in [-0.05, 0) is 12.1 Å². The van der Waals surface area contributed by atoms with E-state index in [2.05, 4.69) is 0 Å². The molecule has 5 heteroatoms. The summed E-state index contributed by atoms with van der Waals surface area (Å²) in [5.41, 5.74) is 0.644. The minimum Gasteiger partial charge on any atom is -0.395 e. The van der Waals surface area contributed by atoms with Gasteiger partial charge in [0.1, 0.15) is 0 Å². The van der Waals surface area contributed by atoms with Crippen LogP contribution in [0.5, 0.6) is 0 Å². The number of hydrogen-bond acceptors (Lipinski definition) is 3. The predicted molar refractivity (Wildman–Crippen MR) is 70.6 cm³/mol. The van der Waals surface area contributed by atoms with Gasteiger partial charge in [0.15, 0.2) is 0 Å². The van der Waals surface area contributed by atoms with E-state index in [0.717, 1.165) is 0 Å². The first-order chi connectivity index (χ1) is 9.22. The Hall–Kier alpha value is -1.88. The Morgan fingerprint density at radius 2 is 1.89 bits per heavy atom. The van der Waals surface area contributed by atoms with Gasteiger partial charge in [-0.1, -0.05) is 18.2 Å². The molecule has 19 heavy (non-hydrogen) atoms. The van der Waals surface area contributed by atoms with E-state index in [1.165, 1.54) is 0 Å². The van der Waals surface area contributed by atoms with Crippen molar-refractivity contribution in [3.05, 3.63) is 35.9 Å². The van der Waals surface area contributed by atoms with E-state index in [4.69, 9.17) is 5.11 Å². The second kappa shape index (κ2) is 6.33. The summed E-state index contributed by atoms with van der Waals surface area (Å²) in [5.74, 6) is -0.0448. The lowest BCUT2D eigenvalue weighted by atomic mass is 10.2. The Morgan fingerprint density at radius 1 is 1.16 bits per heavy atom. The standard InChI is InChI=1S/C14H18N2O3/c17-11-10-15-8-9-16(7-6-13(15)18)14(19)12-4-2-1-3-5-12/h1-5,17H,6-11H2. The Kier molecular flexibility index (Phi) is 4.52. The second-order valence-corrected chi connectivity index (χ2v) is 4.51. The Balaban J connectivity index is 2.03. The molecule has 1 saturated heterocycles. The summed E-state index contributed by atoms with van der Waals surface area (Å²) >= 11 is 0. The lowest BCUT2D eigenvalue weighted by molar-refractivity contribution is -0.130. The van der Waals surface area contributed by atoms with E-state index in [1.54, 1.807) is 21.9 Å². The first-order valence-corrected chi connectivity index (χ1v) is 6.45. The smallest absolute Gasteiger partial charge is 0.253 e. The van der Waals surface area contributed by atoms with Crippen LogP contribution in [-0.4, -0.2) is 59.5 Å². The van der Waals surface area contributed by atoms with Gasteiger partial charge in [0, 0.05) is 38.2 Å². The molecule has 1 aromatic rings. The molecule has 102 valence electrons. The van der Waals surface area contributed by atoms with Crippen LogP contribution in [0.25, 0.3) is 0 Å². The minimum absolute atomic E-state index is 0.00240. The molecule has 0 aliphatic carbocycles. The molecule has 1 aliphatic heterocycles. The van der Waals surface area contributed by atoms with Gasteiger partial charge in [-0.2, -0.15) is 0 Å². The topological polar surface area (TPSA) is 60.9 Å². The third kappa shape index (κ3) is 3.32. The zero-order valence-corrected chi connectivity index (χ0v) is 10.8. The lowest BCUT2D eigenvalue weighted by Gasteiger charge is -2.21. The highest BCUT2D eigenvalue weighted by Crippen LogP contribution is 2.09. The SMILES string of the molecule is O=C1CCN(C(=O)c2ccccc2)CCN1CCO. The second-order valence-electron chi connectivity index (χ2n) is 4.51. The maximum Gasteiger partial charge on any atom is 0.253 e. The maximum absolute atomic E-state index is 12.3. The molecule has 2 rings (SSSR count). The molecule has 0 saturated carbocycles. The number of nitrogens with zero attached hydrogens (tertiary/aromatic N) is 2. The summed E-state index contributed by atoms with van der Waals surface area (Å²) in [6.45, 7) is 1.73. The Bertz CT molecular complexity index is 447. The number of β-amino-alcohol motifs (C(OH)–C–C–N with tert-alkyl or cyclic N) is 1. The van der Waals surface area contributed by atoms with Gasteiger partial charge in [0.2, 0.25) is 5.91 Å². The van der Waals surface area contributed by atoms with E-state index < -0.39 is 0 Å². The van der Waals surface area contributed by atoms with Gasteiger partial charge in [0.05, 0.1) is 6.61 Å². The van der Waals surface area contributed by atoms with Crippen molar-refractivity contribution in [1.29, 1.82) is 0 Å². The molecular formula is C14H18N2O3. The van der Waals surface area contributed by atoms with Crippen LogP contribution in [0.1, 0.15) is 16.8 Å². The fourth-order valence-corrected chi connectivity index (χ4v) is 2.19. The van der Waals surface area contributed by atoms with Crippen molar-refractivity contribution in [1.82, 2.24) is 9.80 Å².